The predicted molar refractivity (Wildman–Crippen MR) is 165 cm³/mol. The molecule has 7 nitrogen and oxygen atoms in total. The molecule has 0 bridgehead atoms. The molecule has 0 aliphatic rings. The number of benzene rings is 1. The highest BCUT2D eigenvalue weighted by atomic mass is 28.4. The fourth-order valence-corrected chi connectivity index (χ4v) is 5.74. The molecule has 1 amide bonds. The summed E-state index contributed by atoms with van der Waals surface area (Å²) in [6.45, 7) is 23.4. The molecule has 0 saturated carbocycles. The summed E-state index contributed by atoms with van der Waals surface area (Å²) in [6.07, 6.45) is 0.897. The molecule has 0 aliphatic heterocycles. The molecule has 1 aromatic heterocycles. The van der Waals surface area contributed by atoms with Gasteiger partial charge in [0.05, 0.1) is 19.8 Å². The number of hydrogen-bond donors (Lipinski definition) is 1. The number of methoxy groups -OCH3 is 1. The summed E-state index contributed by atoms with van der Waals surface area (Å²) in [5.74, 6) is 0.351. The van der Waals surface area contributed by atoms with Gasteiger partial charge in [-0.1, -0.05) is 71.9 Å². The van der Waals surface area contributed by atoms with Gasteiger partial charge in [0, 0.05) is 5.69 Å². The van der Waals surface area contributed by atoms with Crippen LogP contribution in [0.25, 0.3) is 0 Å². The van der Waals surface area contributed by atoms with Gasteiger partial charge in [-0.05, 0) is 66.8 Å². The summed E-state index contributed by atoms with van der Waals surface area (Å²) in [6, 6.07) is 13.3. The molecule has 1 atom stereocenters. The maximum atomic E-state index is 12.4. The molecule has 2 aromatic rings. The van der Waals surface area contributed by atoms with Crippen LogP contribution in [0.4, 0.5) is 10.5 Å². The third kappa shape index (κ3) is 10.0. The third-order valence-corrected chi connectivity index (χ3v) is 17.0. The lowest BCUT2D eigenvalue weighted by atomic mass is 10.1. The Hall–Kier alpha value is -2.21. The molecule has 1 heterocycles. The second kappa shape index (κ2) is 13.4. The quantitative estimate of drug-likeness (QED) is 0.258. The maximum absolute atomic E-state index is 12.4. The van der Waals surface area contributed by atoms with E-state index in [2.05, 4.69) is 78.0 Å². The molecule has 2 rings (SSSR count). The summed E-state index contributed by atoms with van der Waals surface area (Å²) in [7, 11) is -2.37. The van der Waals surface area contributed by atoms with Crippen LogP contribution in [-0.4, -0.2) is 47.5 Å². The lowest BCUT2D eigenvalue weighted by molar-refractivity contribution is 0.100. The Balaban J connectivity index is 2.09. The molecular weight excluding hydrogens is 525 g/mol. The third-order valence-electron chi connectivity index (χ3n) is 7.99. The number of nitrogens with one attached hydrogen (secondary N) is 1. The largest absolute Gasteiger partial charge is 0.480 e. The van der Waals surface area contributed by atoms with Gasteiger partial charge >= 0.3 is 6.09 Å². The van der Waals surface area contributed by atoms with E-state index in [1.807, 2.05) is 36.4 Å². The SMILES string of the molecule is COc1nc(CC[C@H](CO[Si](C)(C)C(C)(C)C)O[Si](C)(C)C(C)(C)C)ccc1NC(=O)OCc1ccccc1. The van der Waals surface area contributed by atoms with Crippen LogP contribution in [0.15, 0.2) is 42.5 Å². The Labute approximate surface area is 238 Å². The van der Waals surface area contributed by atoms with Crippen molar-refractivity contribution in [2.24, 2.45) is 0 Å². The van der Waals surface area contributed by atoms with Crippen LogP contribution in [0, 0.1) is 0 Å². The molecule has 1 N–H and O–H groups in total. The predicted octanol–water partition coefficient (Wildman–Crippen LogP) is 8.18. The smallest absolute Gasteiger partial charge is 0.412 e. The van der Waals surface area contributed by atoms with Crippen molar-refractivity contribution < 1.29 is 23.1 Å². The second-order valence-electron chi connectivity index (χ2n) is 13.2. The maximum Gasteiger partial charge on any atom is 0.412 e. The highest BCUT2D eigenvalue weighted by Gasteiger charge is 2.41. The van der Waals surface area contributed by atoms with Gasteiger partial charge in [0.25, 0.3) is 0 Å². The highest BCUT2D eigenvalue weighted by Crippen LogP contribution is 2.39. The monoisotopic (exact) mass is 574 g/mol. The summed E-state index contributed by atoms with van der Waals surface area (Å²) < 4.78 is 24.2. The molecule has 0 saturated heterocycles. The van der Waals surface area contributed by atoms with E-state index < -0.39 is 22.7 Å². The van der Waals surface area contributed by atoms with E-state index in [4.69, 9.17) is 18.3 Å². The van der Waals surface area contributed by atoms with Crippen molar-refractivity contribution >= 4 is 28.4 Å². The van der Waals surface area contributed by atoms with Crippen LogP contribution < -0.4 is 10.1 Å². The number of nitrogens with zero attached hydrogens (tertiary/aromatic N) is 1. The summed E-state index contributed by atoms with van der Waals surface area (Å²) in [5, 5.41) is 2.98. The Bertz CT molecular complexity index is 1060. The minimum Gasteiger partial charge on any atom is -0.480 e. The van der Waals surface area contributed by atoms with E-state index in [1.54, 1.807) is 13.2 Å². The average Bonchev–Trinajstić information content (AvgIpc) is 2.84. The first-order valence-corrected chi connectivity index (χ1v) is 19.6. The van der Waals surface area contributed by atoms with Crippen LogP contribution in [-0.2, 0) is 26.6 Å². The zero-order chi connectivity index (χ0) is 29.5. The van der Waals surface area contributed by atoms with Crippen molar-refractivity contribution in [3.8, 4) is 5.88 Å². The first-order valence-electron chi connectivity index (χ1n) is 13.8. The normalized spacial score (nSPS) is 13.6. The molecule has 39 heavy (non-hydrogen) atoms. The summed E-state index contributed by atoms with van der Waals surface area (Å²) in [5.41, 5.74) is 2.25. The molecule has 9 heteroatoms. The van der Waals surface area contributed by atoms with Gasteiger partial charge in [0.15, 0.2) is 16.6 Å². The number of pyridine rings is 1. The number of carbonyl (C=O) groups excluding carboxylic acids is 1. The van der Waals surface area contributed by atoms with Gasteiger partial charge in [-0.2, -0.15) is 0 Å². The number of carbonyl (C=O) groups is 1. The first-order chi connectivity index (χ1) is 17.9. The van der Waals surface area contributed by atoms with Crippen molar-refractivity contribution in [3.05, 3.63) is 53.7 Å². The van der Waals surface area contributed by atoms with Crippen molar-refractivity contribution in [2.45, 2.75) is 103 Å². The van der Waals surface area contributed by atoms with E-state index in [1.165, 1.54) is 0 Å². The number of aromatic nitrogens is 1. The lowest BCUT2D eigenvalue weighted by Gasteiger charge is -2.41. The van der Waals surface area contributed by atoms with Gasteiger partial charge in [-0.25, -0.2) is 9.78 Å². The molecule has 1 aromatic carbocycles. The first kappa shape index (κ1) is 33.0. The number of aryl methyl sites for hydroxylation is 1. The Morgan fingerprint density at radius 1 is 0.923 bits per heavy atom. The van der Waals surface area contributed by atoms with Crippen molar-refractivity contribution in [1.29, 1.82) is 0 Å². The molecule has 0 spiro atoms. The van der Waals surface area contributed by atoms with Crippen LogP contribution in [0.1, 0.15) is 59.2 Å². The topological polar surface area (TPSA) is 78.9 Å². The van der Waals surface area contributed by atoms with Crippen molar-refractivity contribution in [3.63, 3.8) is 0 Å². The fraction of sp³-hybridized carbons (Fsp3) is 0.600. The second-order valence-corrected chi connectivity index (χ2v) is 22.7. The molecule has 0 radical (unpaired) electrons. The van der Waals surface area contributed by atoms with Gasteiger partial charge in [0.2, 0.25) is 5.88 Å². The van der Waals surface area contributed by atoms with E-state index in [0.717, 1.165) is 17.7 Å². The Morgan fingerprint density at radius 2 is 1.54 bits per heavy atom. The zero-order valence-electron chi connectivity index (χ0n) is 25.9. The number of ether oxygens (including phenoxy) is 2. The number of amides is 1. The van der Waals surface area contributed by atoms with E-state index in [0.29, 0.717) is 24.6 Å². The highest BCUT2D eigenvalue weighted by molar-refractivity contribution is 6.74. The molecule has 0 aliphatic carbocycles. The summed E-state index contributed by atoms with van der Waals surface area (Å²) >= 11 is 0. The number of anilines is 1. The van der Waals surface area contributed by atoms with Gasteiger partial charge in [0.1, 0.15) is 12.3 Å². The van der Waals surface area contributed by atoms with Crippen LogP contribution in [0.3, 0.4) is 0 Å². The fourth-order valence-electron chi connectivity index (χ4n) is 3.33. The minimum atomic E-state index is -2.00. The van der Waals surface area contributed by atoms with Crippen LogP contribution in [0.2, 0.25) is 36.3 Å². The molecule has 218 valence electrons. The molecule has 0 fully saturated rings. The minimum absolute atomic E-state index is 0.0291. The van der Waals surface area contributed by atoms with Gasteiger partial charge in [-0.15, -0.1) is 0 Å². The zero-order valence-corrected chi connectivity index (χ0v) is 27.9. The van der Waals surface area contributed by atoms with E-state index >= 15 is 0 Å². The lowest BCUT2D eigenvalue weighted by Crippen LogP contribution is -2.48. The van der Waals surface area contributed by atoms with E-state index in [-0.39, 0.29) is 22.8 Å². The van der Waals surface area contributed by atoms with Gasteiger partial charge in [-0.3, -0.25) is 5.32 Å². The van der Waals surface area contributed by atoms with Gasteiger partial charge < -0.3 is 18.3 Å². The molecular formula is C30H50N2O5Si2. The standard InChI is InChI=1S/C30H50N2O5Si2/c1-29(2,3)38(8,9)36-22-25(37-39(10,11)30(4,5)6)19-17-24-18-20-26(27(31-24)34-7)32-28(33)35-21-23-15-13-12-14-16-23/h12-16,18,20,25H,17,19,21-22H2,1-11H3,(H,32,33)/t25-/m1/s1. The van der Waals surface area contributed by atoms with Crippen LogP contribution in [0.5, 0.6) is 5.88 Å². The Kier molecular flexibility index (Phi) is 11.4. The Morgan fingerprint density at radius 3 is 2.10 bits per heavy atom. The number of hydrogen-bond acceptors (Lipinski definition) is 6. The number of rotatable bonds is 12. The average molecular weight is 575 g/mol. The van der Waals surface area contributed by atoms with Crippen molar-refractivity contribution in [1.82, 2.24) is 4.98 Å². The van der Waals surface area contributed by atoms with Crippen molar-refractivity contribution in [2.75, 3.05) is 19.0 Å². The van der Waals surface area contributed by atoms with E-state index in [9.17, 15) is 4.79 Å². The summed E-state index contributed by atoms with van der Waals surface area (Å²) in [4.78, 5) is 17.0. The molecule has 0 unspecified atom stereocenters. The van der Waals surface area contributed by atoms with Crippen LogP contribution >= 0.6 is 0 Å².